The van der Waals surface area contributed by atoms with E-state index in [-0.39, 0.29) is 11.7 Å². The number of aliphatic hydroxyl groups is 1. The third kappa shape index (κ3) is 8.33. The van der Waals surface area contributed by atoms with Crippen LogP contribution >= 0.6 is 0 Å². The Hall–Kier alpha value is -0.990. The van der Waals surface area contributed by atoms with Gasteiger partial charge in [0.25, 0.3) is 5.91 Å². The van der Waals surface area contributed by atoms with Crippen molar-refractivity contribution in [3.63, 3.8) is 0 Å². The van der Waals surface area contributed by atoms with Crippen LogP contribution in [0.5, 0.6) is 0 Å². The maximum Gasteiger partial charge on any atom is 0.285 e. The molecule has 0 aliphatic carbocycles. The highest BCUT2D eigenvalue weighted by Gasteiger charge is 2.06. The van der Waals surface area contributed by atoms with Gasteiger partial charge in [-0.3, -0.25) is 4.79 Å². The number of hydrogen-bond acceptors (Lipinski definition) is 2. The van der Waals surface area contributed by atoms with E-state index in [1.165, 1.54) is 0 Å². The Morgan fingerprint density at radius 3 is 2.38 bits per heavy atom. The van der Waals surface area contributed by atoms with Crippen LogP contribution in [0.3, 0.4) is 0 Å². The van der Waals surface area contributed by atoms with E-state index in [0.29, 0.717) is 18.4 Å². The number of aliphatic hydroxyl groups excluding tert-OH is 1. The van der Waals surface area contributed by atoms with Crippen LogP contribution in [0, 0.1) is 11.8 Å². The number of amides is 1. The third-order valence-corrected chi connectivity index (χ3v) is 2.23. The van der Waals surface area contributed by atoms with Crippen LogP contribution in [0.15, 0.2) is 11.8 Å². The molecule has 0 radical (unpaired) electrons. The van der Waals surface area contributed by atoms with E-state index >= 15 is 0 Å². The Morgan fingerprint density at radius 1 is 1.25 bits per heavy atom. The van der Waals surface area contributed by atoms with Crippen molar-refractivity contribution in [3.05, 3.63) is 11.8 Å². The normalized spacial score (nSPS) is 12.2. The number of carbonyl (C=O) groups is 1. The molecule has 0 aromatic carbocycles. The minimum Gasteiger partial charge on any atom is -0.503 e. The summed E-state index contributed by atoms with van der Waals surface area (Å²) in [5.41, 5.74) is 0. The summed E-state index contributed by atoms with van der Waals surface area (Å²) < 4.78 is 0. The molecule has 3 nitrogen and oxygen atoms in total. The van der Waals surface area contributed by atoms with Crippen LogP contribution < -0.4 is 5.32 Å². The molecule has 0 saturated carbocycles. The van der Waals surface area contributed by atoms with Crippen LogP contribution in [0.4, 0.5) is 0 Å². The minimum atomic E-state index is -0.363. The van der Waals surface area contributed by atoms with Gasteiger partial charge in [-0.15, -0.1) is 0 Å². The zero-order chi connectivity index (χ0) is 12.6. The van der Waals surface area contributed by atoms with E-state index in [2.05, 4.69) is 19.2 Å². The maximum atomic E-state index is 11.3. The lowest BCUT2D eigenvalue weighted by Gasteiger charge is -2.07. The molecule has 16 heavy (non-hydrogen) atoms. The van der Waals surface area contributed by atoms with Crippen molar-refractivity contribution < 1.29 is 9.90 Å². The highest BCUT2D eigenvalue weighted by Crippen LogP contribution is 2.07. The number of nitrogens with one attached hydrogen (secondary N) is 1. The lowest BCUT2D eigenvalue weighted by atomic mass is 10.1. The van der Waals surface area contributed by atoms with Gasteiger partial charge in [0.2, 0.25) is 0 Å². The van der Waals surface area contributed by atoms with E-state index in [4.69, 9.17) is 0 Å². The molecular formula is C13H25NO2. The molecule has 0 heterocycles. The van der Waals surface area contributed by atoms with E-state index in [1.54, 1.807) is 6.08 Å². The Labute approximate surface area is 98.9 Å². The summed E-state index contributed by atoms with van der Waals surface area (Å²) in [6, 6.07) is 0. The van der Waals surface area contributed by atoms with Crippen molar-refractivity contribution in [1.82, 2.24) is 5.32 Å². The smallest absolute Gasteiger partial charge is 0.285 e. The molecule has 0 fully saturated rings. The summed E-state index contributed by atoms with van der Waals surface area (Å²) in [4.78, 5) is 11.3. The molecule has 3 heteroatoms. The van der Waals surface area contributed by atoms with Crippen molar-refractivity contribution >= 4 is 5.91 Å². The average Bonchev–Trinajstić information content (AvgIpc) is 2.20. The number of unbranched alkanes of at least 4 members (excludes halogenated alkanes) is 1. The van der Waals surface area contributed by atoms with E-state index in [0.717, 1.165) is 19.3 Å². The highest BCUT2D eigenvalue weighted by atomic mass is 16.3. The molecule has 0 aromatic heterocycles. The van der Waals surface area contributed by atoms with Crippen molar-refractivity contribution in [1.29, 1.82) is 0 Å². The first kappa shape index (κ1) is 15.0. The zero-order valence-corrected chi connectivity index (χ0v) is 10.9. The van der Waals surface area contributed by atoms with Crippen LogP contribution in [0.2, 0.25) is 0 Å². The summed E-state index contributed by atoms with van der Waals surface area (Å²) in [5.74, 6) is 0.561. The predicted molar refractivity (Wildman–Crippen MR) is 67.2 cm³/mol. The minimum absolute atomic E-state index is 0.149. The quantitative estimate of drug-likeness (QED) is 0.399. The van der Waals surface area contributed by atoms with Gasteiger partial charge in [0.05, 0.1) is 0 Å². The van der Waals surface area contributed by atoms with Gasteiger partial charge in [-0.2, -0.15) is 0 Å². The standard InChI is InChI=1S/C13H25NO2/c1-10(2)7-5-6-8-12(15)13(16)14-9-11(3)4/h8,10-11,15H,5-7,9H2,1-4H3,(H,14,16)/b12-8+. The summed E-state index contributed by atoms with van der Waals surface area (Å²) >= 11 is 0. The number of hydrogen-bond donors (Lipinski definition) is 2. The van der Waals surface area contributed by atoms with Gasteiger partial charge >= 0.3 is 0 Å². The van der Waals surface area contributed by atoms with Gasteiger partial charge in [0, 0.05) is 6.54 Å². The first-order valence-electron chi connectivity index (χ1n) is 6.10. The Kier molecular flexibility index (Phi) is 7.69. The average molecular weight is 227 g/mol. The van der Waals surface area contributed by atoms with E-state index < -0.39 is 0 Å². The zero-order valence-electron chi connectivity index (χ0n) is 10.9. The Balaban J connectivity index is 3.79. The summed E-state index contributed by atoms with van der Waals surface area (Å²) in [5, 5.41) is 12.1. The fourth-order valence-corrected chi connectivity index (χ4v) is 1.24. The van der Waals surface area contributed by atoms with E-state index in [1.807, 2.05) is 13.8 Å². The lowest BCUT2D eigenvalue weighted by molar-refractivity contribution is -0.120. The molecule has 0 atom stereocenters. The molecule has 0 aliphatic heterocycles. The largest absolute Gasteiger partial charge is 0.503 e. The Morgan fingerprint density at radius 2 is 1.88 bits per heavy atom. The van der Waals surface area contributed by atoms with Gasteiger partial charge < -0.3 is 10.4 Å². The summed E-state index contributed by atoms with van der Waals surface area (Å²) in [6.45, 7) is 8.97. The first-order valence-corrected chi connectivity index (χ1v) is 6.10. The first-order chi connectivity index (χ1) is 7.43. The highest BCUT2D eigenvalue weighted by molar-refractivity contribution is 5.90. The molecule has 0 unspecified atom stereocenters. The van der Waals surface area contributed by atoms with Crippen molar-refractivity contribution in [2.75, 3.05) is 6.54 Å². The molecule has 0 spiro atoms. The molecule has 1 amide bonds. The molecule has 0 rings (SSSR count). The monoisotopic (exact) mass is 227 g/mol. The van der Waals surface area contributed by atoms with Crippen LogP contribution in [0.25, 0.3) is 0 Å². The second kappa shape index (κ2) is 8.20. The molecule has 0 saturated heterocycles. The molecule has 0 aliphatic rings. The van der Waals surface area contributed by atoms with Crippen LogP contribution in [-0.4, -0.2) is 17.6 Å². The molecule has 0 aromatic rings. The van der Waals surface area contributed by atoms with Crippen molar-refractivity contribution in [3.8, 4) is 0 Å². The molecule has 0 bridgehead atoms. The number of carbonyl (C=O) groups excluding carboxylic acids is 1. The fourth-order valence-electron chi connectivity index (χ4n) is 1.24. The van der Waals surface area contributed by atoms with Gasteiger partial charge in [-0.05, 0) is 30.8 Å². The van der Waals surface area contributed by atoms with Crippen LogP contribution in [0.1, 0.15) is 47.0 Å². The number of rotatable bonds is 7. The lowest BCUT2D eigenvalue weighted by Crippen LogP contribution is -2.28. The maximum absolute atomic E-state index is 11.3. The molecular weight excluding hydrogens is 202 g/mol. The fraction of sp³-hybridized carbons (Fsp3) is 0.769. The van der Waals surface area contributed by atoms with Gasteiger partial charge in [-0.25, -0.2) is 0 Å². The van der Waals surface area contributed by atoms with E-state index in [9.17, 15) is 9.90 Å². The predicted octanol–water partition coefficient (Wildman–Crippen LogP) is 3.03. The second-order valence-electron chi connectivity index (χ2n) is 5.02. The second-order valence-corrected chi connectivity index (χ2v) is 5.02. The topological polar surface area (TPSA) is 49.3 Å². The Bertz CT molecular complexity index is 232. The molecule has 94 valence electrons. The van der Waals surface area contributed by atoms with Crippen molar-refractivity contribution in [2.45, 2.75) is 47.0 Å². The van der Waals surface area contributed by atoms with Crippen molar-refractivity contribution in [2.24, 2.45) is 11.8 Å². The van der Waals surface area contributed by atoms with Gasteiger partial charge in [0.15, 0.2) is 5.76 Å². The van der Waals surface area contributed by atoms with Gasteiger partial charge in [-0.1, -0.05) is 34.1 Å². The van der Waals surface area contributed by atoms with Gasteiger partial charge in [0.1, 0.15) is 0 Å². The summed E-state index contributed by atoms with van der Waals surface area (Å²) in [6.07, 6.45) is 4.51. The SMILES string of the molecule is CC(C)CCC/C=C(/O)C(=O)NCC(C)C. The van der Waals surface area contributed by atoms with Crippen LogP contribution in [-0.2, 0) is 4.79 Å². The third-order valence-electron chi connectivity index (χ3n) is 2.23. The summed E-state index contributed by atoms with van der Waals surface area (Å²) in [7, 11) is 0. The molecule has 2 N–H and O–H groups in total. The number of allylic oxidation sites excluding steroid dienone is 1.